The first-order valence-corrected chi connectivity index (χ1v) is 11.7. The molecule has 5 heteroatoms. The van der Waals surface area contributed by atoms with Crippen molar-refractivity contribution in [2.75, 3.05) is 32.1 Å². The SMILES string of the molecule is Cc1ccc2sc(N(CCCN(C)C)C(=O)c3ccc4c(c3)CCCC4)nc2c1C. The fraction of sp³-hybridized carbons (Fsp3) is 0.440. The van der Waals surface area contributed by atoms with Gasteiger partial charge >= 0.3 is 0 Å². The summed E-state index contributed by atoms with van der Waals surface area (Å²) in [5.74, 6) is 0.0653. The fourth-order valence-corrected chi connectivity index (χ4v) is 5.23. The molecule has 158 valence electrons. The summed E-state index contributed by atoms with van der Waals surface area (Å²) >= 11 is 1.62. The highest BCUT2D eigenvalue weighted by atomic mass is 32.1. The number of thiazole rings is 1. The predicted molar refractivity (Wildman–Crippen MR) is 127 cm³/mol. The lowest BCUT2D eigenvalue weighted by molar-refractivity contribution is 0.0986. The molecule has 1 aromatic heterocycles. The summed E-state index contributed by atoms with van der Waals surface area (Å²) < 4.78 is 1.14. The maximum Gasteiger partial charge on any atom is 0.260 e. The Morgan fingerprint density at radius 3 is 2.57 bits per heavy atom. The van der Waals surface area contributed by atoms with E-state index in [0.717, 1.165) is 46.7 Å². The van der Waals surface area contributed by atoms with Crippen LogP contribution in [0.2, 0.25) is 0 Å². The van der Waals surface area contributed by atoms with E-state index >= 15 is 0 Å². The predicted octanol–water partition coefficient (Wildman–Crippen LogP) is 5.39. The van der Waals surface area contributed by atoms with E-state index in [-0.39, 0.29) is 5.91 Å². The lowest BCUT2D eigenvalue weighted by Crippen LogP contribution is -2.33. The van der Waals surface area contributed by atoms with E-state index in [4.69, 9.17) is 4.98 Å². The zero-order chi connectivity index (χ0) is 21.3. The summed E-state index contributed by atoms with van der Waals surface area (Å²) in [4.78, 5) is 22.6. The van der Waals surface area contributed by atoms with Crippen LogP contribution in [0.15, 0.2) is 30.3 Å². The van der Waals surface area contributed by atoms with Crippen LogP contribution in [0.4, 0.5) is 5.13 Å². The number of anilines is 1. The molecule has 0 aliphatic heterocycles. The molecule has 3 aromatic rings. The Balaban J connectivity index is 1.69. The van der Waals surface area contributed by atoms with Crippen LogP contribution in [-0.2, 0) is 12.8 Å². The third-order valence-electron chi connectivity index (χ3n) is 6.13. The van der Waals surface area contributed by atoms with Crippen molar-refractivity contribution in [3.05, 3.63) is 58.1 Å². The van der Waals surface area contributed by atoms with Gasteiger partial charge in [-0.1, -0.05) is 23.5 Å². The van der Waals surface area contributed by atoms with Gasteiger partial charge in [0.05, 0.1) is 10.2 Å². The largest absolute Gasteiger partial charge is 0.309 e. The highest BCUT2D eigenvalue weighted by Gasteiger charge is 2.23. The van der Waals surface area contributed by atoms with Gasteiger partial charge in [0.2, 0.25) is 0 Å². The zero-order valence-corrected chi connectivity index (χ0v) is 19.3. The summed E-state index contributed by atoms with van der Waals surface area (Å²) in [7, 11) is 4.14. The molecule has 4 rings (SSSR count). The van der Waals surface area contributed by atoms with E-state index in [1.165, 1.54) is 35.1 Å². The van der Waals surface area contributed by atoms with Crippen LogP contribution >= 0.6 is 11.3 Å². The lowest BCUT2D eigenvalue weighted by Gasteiger charge is -2.22. The number of benzene rings is 2. The molecule has 0 unspecified atom stereocenters. The topological polar surface area (TPSA) is 36.4 Å². The summed E-state index contributed by atoms with van der Waals surface area (Å²) in [6.45, 7) is 5.84. The van der Waals surface area contributed by atoms with Crippen molar-refractivity contribution in [2.24, 2.45) is 0 Å². The Bertz CT molecular complexity index is 1070. The van der Waals surface area contributed by atoms with E-state index < -0.39 is 0 Å². The molecule has 0 saturated heterocycles. The van der Waals surface area contributed by atoms with E-state index in [2.05, 4.69) is 57.1 Å². The molecule has 2 aromatic carbocycles. The second-order valence-corrected chi connectivity index (χ2v) is 9.66. The number of hydrogen-bond acceptors (Lipinski definition) is 4. The Morgan fingerprint density at radius 2 is 1.80 bits per heavy atom. The van der Waals surface area contributed by atoms with Crippen molar-refractivity contribution >= 4 is 32.6 Å². The van der Waals surface area contributed by atoms with Crippen LogP contribution in [0.25, 0.3) is 10.2 Å². The molecule has 0 N–H and O–H groups in total. The van der Waals surface area contributed by atoms with Crippen LogP contribution in [0.5, 0.6) is 0 Å². The normalized spacial score (nSPS) is 13.6. The average molecular weight is 422 g/mol. The molecular formula is C25H31N3OS. The molecule has 0 spiro atoms. The average Bonchev–Trinajstić information content (AvgIpc) is 3.17. The fourth-order valence-electron chi connectivity index (χ4n) is 4.18. The van der Waals surface area contributed by atoms with Crippen molar-refractivity contribution in [3.8, 4) is 0 Å². The van der Waals surface area contributed by atoms with Crippen LogP contribution in [0.3, 0.4) is 0 Å². The molecule has 1 amide bonds. The number of carbonyl (C=O) groups excluding carboxylic acids is 1. The first-order chi connectivity index (χ1) is 14.4. The van der Waals surface area contributed by atoms with Gasteiger partial charge < -0.3 is 4.90 Å². The van der Waals surface area contributed by atoms with Crippen molar-refractivity contribution < 1.29 is 4.79 Å². The molecule has 0 bridgehead atoms. The number of fused-ring (bicyclic) bond motifs is 2. The summed E-state index contributed by atoms with van der Waals surface area (Å²) in [6.07, 6.45) is 5.59. The second kappa shape index (κ2) is 8.86. The Morgan fingerprint density at radius 1 is 1.03 bits per heavy atom. The van der Waals surface area contributed by atoms with Gasteiger partial charge in [0.1, 0.15) is 0 Å². The number of hydrogen-bond donors (Lipinski definition) is 0. The Hall–Kier alpha value is -2.24. The van der Waals surface area contributed by atoms with E-state index in [9.17, 15) is 4.79 Å². The van der Waals surface area contributed by atoms with Crippen molar-refractivity contribution in [3.63, 3.8) is 0 Å². The molecule has 1 aliphatic carbocycles. The quantitative estimate of drug-likeness (QED) is 0.535. The van der Waals surface area contributed by atoms with Gasteiger partial charge in [-0.25, -0.2) is 4.98 Å². The van der Waals surface area contributed by atoms with Gasteiger partial charge in [-0.2, -0.15) is 0 Å². The Labute approximate surface area is 183 Å². The minimum Gasteiger partial charge on any atom is -0.309 e. The molecular weight excluding hydrogens is 390 g/mol. The maximum absolute atomic E-state index is 13.6. The van der Waals surface area contributed by atoms with Crippen molar-refractivity contribution in [1.82, 2.24) is 9.88 Å². The van der Waals surface area contributed by atoms with Gasteiger partial charge in [-0.05, 0) is 107 Å². The van der Waals surface area contributed by atoms with Gasteiger partial charge in [-0.15, -0.1) is 0 Å². The maximum atomic E-state index is 13.6. The summed E-state index contributed by atoms with van der Waals surface area (Å²) in [6, 6.07) is 10.6. The third-order valence-corrected chi connectivity index (χ3v) is 7.18. The Kier molecular flexibility index (Phi) is 6.21. The van der Waals surface area contributed by atoms with Crippen molar-refractivity contribution in [2.45, 2.75) is 46.0 Å². The van der Waals surface area contributed by atoms with Gasteiger partial charge in [-0.3, -0.25) is 9.69 Å². The molecule has 4 nitrogen and oxygen atoms in total. The number of aryl methyl sites for hydroxylation is 4. The number of aromatic nitrogens is 1. The monoisotopic (exact) mass is 421 g/mol. The zero-order valence-electron chi connectivity index (χ0n) is 18.5. The van der Waals surface area contributed by atoms with Crippen molar-refractivity contribution in [1.29, 1.82) is 0 Å². The van der Waals surface area contributed by atoms with E-state index in [0.29, 0.717) is 6.54 Å². The minimum absolute atomic E-state index is 0.0653. The van der Waals surface area contributed by atoms with E-state index in [1.54, 1.807) is 11.3 Å². The number of rotatable bonds is 6. The summed E-state index contributed by atoms with van der Waals surface area (Å²) in [5, 5.41) is 0.806. The van der Waals surface area contributed by atoms with E-state index in [1.807, 2.05) is 11.0 Å². The number of carbonyl (C=O) groups is 1. The third kappa shape index (κ3) is 4.28. The highest BCUT2D eigenvalue weighted by molar-refractivity contribution is 7.22. The highest BCUT2D eigenvalue weighted by Crippen LogP contribution is 2.33. The van der Waals surface area contributed by atoms with Crippen LogP contribution < -0.4 is 4.90 Å². The molecule has 0 fully saturated rings. The minimum atomic E-state index is 0.0653. The molecule has 1 aliphatic rings. The molecule has 0 saturated carbocycles. The van der Waals surface area contributed by atoms with Gasteiger partial charge in [0, 0.05) is 12.1 Å². The van der Waals surface area contributed by atoms with Gasteiger partial charge in [0.25, 0.3) is 5.91 Å². The van der Waals surface area contributed by atoms with Crippen LogP contribution in [0, 0.1) is 13.8 Å². The second-order valence-electron chi connectivity index (χ2n) is 8.65. The molecule has 30 heavy (non-hydrogen) atoms. The van der Waals surface area contributed by atoms with Crippen LogP contribution in [-0.4, -0.2) is 43.0 Å². The molecule has 0 atom stereocenters. The van der Waals surface area contributed by atoms with Gasteiger partial charge in [0.15, 0.2) is 5.13 Å². The molecule has 0 radical (unpaired) electrons. The van der Waals surface area contributed by atoms with Crippen LogP contribution in [0.1, 0.15) is 51.9 Å². The lowest BCUT2D eigenvalue weighted by atomic mass is 9.90. The smallest absolute Gasteiger partial charge is 0.260 e. The first-order valence-electron chi connectivity index (χ1n) is 10.9. The number of nitrogens with zero attached hydrogens (tertiary/aromatic N) is 3. The standard InChI is InChI=1S/C25H31N3OS/c1-17-10-13-22-23(18(17)2)26-25(30-22)28(15-7-14-27(3)4)24(29)21-12-11-19-8-5-6-9-20(19)16-21/h10-13,16H,5-9,14-15H2,1-4H3. The number of amides is 1. The summed E-state index contributed by atoms with van der Waals surface area (Å²) in [5.41, 5.74) is 6.99. The first kappa shape index (κ1) is 21.0. The molecule has 1 heterocycles.